The second-order valence-corrected chi connectivity index (χ2v) is 6.99. The first-order valence-corrected chi connectivity index (χ1v) is 9.76. The summed E-state index contributed by atoms with van der Waals surface area (Å²) in [5.41, 5.74) is 3.00. The first-order chi connectivity index (χ1) is 16.7. The molecule has 1 aliphatic rings. The van der Waals surface area contributed by atoms with Crippen LogP contribution in [0.4, 0.5) is 17.1 Å². The summed E-state index contributed by atoms with van der Waals surface area (Å²) in [4.78, 5) is 48.1. The summed E-state index contributed by atoms with van der Waals surface area (Å²) in [5.74, 6) is -3.85. The molecule has 1 aliphatic heterocycles. The Morgan fingerprint density at radius 1 is 1.00 bits per heavy atom. The number of rotatable bonds is 6. The smallest absolute Gasteiger partial charge is 0.369 e. The van der Waals surface area contributed by atoms with Crippen molar-refractivity contribution in [2.24, 2.45) is 5.73 Å². The molecule has 0 fully saturated rings. The summed E-state index contributed by atoms with van der Waals surface area (Å²) in [6, 6.07) is 13.1. The Labute approximate surface area is 197 Å². The van der Waals surface area contributed by atoms with Crippen LogP contribution in [0.1, 0.15) is 11.5 Å². The SMILES string of the molecule is COC(=O)C1=C(C(=O)OC)N(c2cccc([N+](=O)[O-])c2[N+](=O)[O-])C(N)=C(C#N)C1c1ccccc1. The third kappa shape index (κ3) is 4.11. The van der Waals surface area contributed by atoms with Gasteiger partial charge in [0.1, 0.15) is 17.2 Å². The third-order valence-electron chi connectivity index (χ3n) is 5.22. The number of anilines is 1. The van der Waals surface area contributed by atoms with Gasteiger partial charge >= 0.3 is 23.3 Å². The van der Waals surface area contributed by atoms with E-state index in [0.29, 0.717) is 5.56 Å². The van der Waals surface area contributed by atoms with E-state index >= 15 is 0 Å². The Morgan fingerprint density at radius 2 is 1.63 bits per heavy atom. The van der Waals surface area contributed by atoms with Gasteiger partial charge in [0.2, 0.25) is 0 Å². The number of para-hydroxylation sites is 1. The van der Waals surface area contributed by atoms with Crippen LogP contribution in [0.25, 0.3) is 0 Å². The fraction of sp³-hybridized carbons (Fsp3) is 0.136. The minimum atomic E-state index is -1.20. The van der Waals surface area contributed by atoms with Gasteiger partial charge in [0, 0.05) is 6.07 Å². The van der Waals surface area contributed by atoms with E-state index in [1.165, 1.54) is 0 Å². The molecule has 0 saturated carbocycles. The molecule has 2 N–H and O–H groups in total. The van der Waals surface area contributed by atoms with E-state index in [-0.39, 0.29) is 5.57 Å². The fourth-order valence-electron chi connectivity index (χ4n) is 3.80. The molecule has 0 bridgehead atoms. The van der Waals surface area contributed by atoms with Gasteiger partial charge in [0.05, 0.1) is 47.2 Å². The Kier molecular flexibility index (Phi) is 6.77. The highest BCUT2D eigenvalue weighted by atomic mass is 16.6. The zero-order valence-electron chi connectivity index (χ0n) is 18.3. The Morgan fingerprint density at radius 3 is 2.14 bits per heavy atom. The van der Waals surface area contributed by atoms with Gasteiger partial charge in [0.15, 0.2) is 0 Å². The first-order valence-electron chi connectivity index (χ1n) is 9.76. The predicted molar refractivity (Wildman–Crippen MR) is 119 cm³/mol. The number of hydrogen-bond acceptors (Lipinski definition) is 11. The number of ether oxygens (including phenoxy) is 2. The topological polar surface area (TPSA) is 192 Å². The minimum Gasteiger partial charge on any atom is -0.466 e. The van der Waals surface area contributed by atoms with E-state index in [9.17, 15) is 35.1 Å². The molecule has 1 heterocycles. The van der Waals surface area contributed by atoms with Crippen molar-refractivity contribution >= 4 is 29.0 Å². The van der Waals surface area contributed by atoms with E-state index in [2.05, 4.69) is 0 Å². The van der Waals surface area contributed by atoms with E-state index in [4.69, 9.17) is 15.2 Å². The molecule has 1 atom stereocenters. The summed E-state index contributed by atoms with van der Waals surface area (Å²) in [5, 5.41) is 33.4. The number of nitro benzene ring substituents is 2. The van der Waals surface area contributed by atoms with Crippen LogP contribution in [0, 0.1) is 31.6 Å². The maximum absolute atomic E-state index is 13.0. The number of nitro groups is 2. The number of nitriles is 1. The predicted octanol–water partition coefficient (Wildman–Crippen LogP) is 2.40. The van der Waals surface area contributed by atoms with Crippen LogP contribution in [-0.2, 0) is 19.1 Å². The van der Waals surface area contributed by atoms with Crippen molar-refractivity contribution in [2.45, 2.75) is 5.92 Å². The maximum Gasteiger partial charge on any atom is 0.369 e. The number of esters is 2. The van der Waals surface area contributed by atoms with Crippen LogP contribution >= 0.6 is 0 Å². The summed E-state index contributed by atoms with van der Waals surface area (Å²) in [6.07, 6.45) is 0. The average molecular weight is 479 g/mol. The molecule has 0 radical (unpaired) electrons. The number of hydrogen-bond donors (Lipinski definition) is 1. The van der Waals surface area contributed by atoms with Crippen LogP contribution in [0.5, 0.6) is 0 Å². The zero-order valence-corrected chi connectivity index (χ0v) is 18.3. The molecule has 0 aliphatic carbocycles. The number of allylic oxidation sites excluding steroid dienone is 1. The van der Waals surface area contributed by atoms with Crippen LogP contribution < -0.4 is 10.6 Å². The molecule has 2 aromatic carbocycles. The highest BCUT2D eigenvalue weighted by molar-refractivity contribution is 6.07. The van der Waals surface area contributed by atoms with Crippen molar-refractivity contribution < 1.29 is 28.9 Å². The molecule has 13 nitrogen and oxygen atoms in total. The lowest BCUT2D eigenvalue weighted by Crippen LogP contribution is -2.41. The van der Waals surface area contributed by atoms with Gasteiger partial charge in [-0.1, -0.05) is 36.4 Å². The van der Waals surface area contributed by atoms with Crippen LogP contribution in [-0.4, -0.2) is 36.0 Å². The lowest BCUT2D eigenvalue weighted by atomic mass is 9.81. The van der Waals surface area contributed by atoms with E-state index in [0.717, 1.165) is 37.3 Å². The highest BCUT2D eigenvalue weighted by Crippen LogP contribution is 2.46. The normalized spacial score (nSPS) is 15.3. The van der Waals surface area contributed by atoms with Gasteiger partial charge in [-0.05, 0) is 11.6 Å². The summed E-state index contributed by atoms with van der Waals surface area (Å²) >= 11 is 0. The van der Waals surface area contributed by atoms with Crippen molar-refractivity contribution in [3.8, 4) is 6.07 Å². The number of nitrogens with two attached hydrogens (primary N) is 1. The molecule has 0 amide bonds. The zero-order chi connectivity index (χ0) is 25.9. The molecule has 0 spiro atoms. The Bertz CT molecular complexity index is 1340. The Hall–Kier alpha value is -5.25. The van der Waals surface area contributed by atoms with Gasteiger partial charge in [-0.2, -0.15) is 5.26 Å². The van der Waals surface area contributed by atoms with Gasteiger partial charge in [0.25, 0.3) is 0 Å². The summed E-state index contributed by atoms with van der Waals surface area (Å²) < 4.78 is 9.71. The van der Waals surface area contributed by atoms with Crippen molar-refractivity contribution in [3.05, 3.63) is 97.0 Å². The Balaban J connectivity index is 2.52. The second kappa shape index (κ2) is 9.71. The number of carbonyl (C=O) groups excluding carboxylic acids is 2. The van der Waals surface area contributed by atoms with Crippen LogP contribution in [0.2, 0.25) is 0 Å². The van der Waals surface area contributed by atoms with Crippen molar-refractivity contribution in [1.82, 2.24) is 0 Å². The lowest BCUT2D eigenvalue weighted by molar-refractivity contribution is -0.421. The van der Waals surface area contributed by atoms with Crippen LogP contribution in [0.15, 0.2) is 71.2 Å². The van der Waals surface area contributed by atoms with Crippen LogP contribution in [0.3, 0.4) is 0 Å². The quantitative estimate of drug-likeness (QED) is 0.363. The number of methoxy groups -OCH3 is 2. The van der Waals surface area contributed by atoms with Gasteiger partial charge in [-0.25, -0.2) is 9.59 Å². The molecule has 35 heavy (non-hydrogen) atoms. The monoisotopic (exact) mass is 479 g/mol. The number of benzene rings is 2. The van der Waals surface area contributed by atoms with Crippen molar-refractivity contribution in [3.63, 3.8) is 0 Å². The molecule has 1 unspecified atom stereocenters. The highest BCUT2D eigenvalue weighted by Gasteiger charge is 2.45. The standard InChI is InChI=1S/C22H17N5O8/c1-34-21(28)17-16(12-7-4-3-5-8-12)13(11-23)20(24)25(19(17)22(29)35-2)14-9-6-10-15(26(30)31)18(14)27(32)33/h3-10,16H,24H2,1-2H3. The van der Waals surface area contributed by atoms with Gasteiger partial charge in [-0.15, -0.1) is 0 Å². The number of nitrogens with zero attached hydrogens (tertiary/aromatic N) is 4. The largest absolute Gasteiger partial charge is 0.466 e. The van der Waals surface area contributed by atoms with Gasteiger partial charge < -0.3 is 15.2 Å². The molecular weight excluding hydrogens is 462 g/mol. The first kappa shape index (κ1) is 24.4. The maximum atomic E-state index is 13.0. The van der Waals surface area contributed by atoms with E-state index in [1.807, 2.05) is 6.07 Å². The molecule has 0 saturated heterocycles. The number of carbonyl (C=O) groups is 2. The molecule has 3 rings (SSSR count). The molecular formula is C22H17N5O8. The molecule has 13 heteroatoms. The minimum absolute atomic E-state index is 0.245. The molecule has 0 aromatic heterocycles. The van der Waals surface area contributed by atoms with E-state index in [1.54, 1.807) is 30.3 Å². The fourth-order valence-corrected chi connectivity index (χ4v) is 3.80. The average Bonchev–Trinajstić information content (AvgIpc) is 2.86. The lowest BCUT2D eigenvalue weighted by Gasteiger charge is -2.35. The van der Waals surface area contributed by atoms with Crippen molar-refractivity contribution in [1.29, 1.82) is 5.26 Å². The third-order valence-corrected chi connectivity index (χ3v) is 5.22. The van der Waals surface area contributed by atoms with Crippen molar-refractivity contribution in [2.75, 3.05) is 19.1 Å². The van der Waals surface area contributed by atoms with E-state index < -0.39 is 61.9 Å². The summed E-state index contributed by atoms with van der Waals surface area (Å²) in [7, 11) is 2.04. The second-order valence-electron chi connectivity index (χ2n) is 6.99. The molecule has 2 aromatic rings. The summed E-state index contributed by atoms with van der Waals surface area (Å²) in [6.45, 7) is 0. The molecule has 178 valence electrons. The van der Waals surface area contributed by atoms with Gasteiger partial charge in [-0.3, -0.25) is 25.1 Å².